The first-order valence-electron chi connectivity index (χ1n) is 8.72. The molecule has 0 atom stereocenters. The van der Waals surface area contributed by atoms with Crippen molar-refractivity contribution < 1.29 is 17.7 Å². The number of hydrogen-bond donors (Lipinski definition) is 0. The Bertz CT molecular complexity index is 1150. The average Bonchev–Trinajstić information content (AvgIpc) is 3.18. The Hall–Kier alpha value is -2.46. The van der Waals surface area contributed by atoms with E-state index in [0.29, 0.717) is 5.82 Å². The van der Waals surface area contributed by atoms with Crippen molar-refractivity contribution in [3.63, 3.8) is 0 Å². The first kappa shape index (κ1) is 22.2. The summed E-state index contributed by atoms with van der Waals surface area (Å²) in [6.07, 6.45) is 0. The Labute approximate surface area is 184 Å². The molecule has 0 saturated carbocycles. The summed E-state index contributed by atoms with van der Waals surface area (Å²) in [7, 11) is -1.20. The van der Waals surface area contributed by atoms with E-state index in [9.17, 15) is 13.2 Å². The predicted molar refractivity (Wildman–Crippen MR) is 112 cm³/mol. The molecule has 3 rings (SSSR count). The van der Waals surface area contributed by atoms with Crippen LogP contribution in [-0.4, -0.2) is 54.3 Å². The van der Waals surface area contributed by atoms with Gasteiger partial charge in [0, 0.05) is 24.7 Å². The smallest absolute Gasteiger partial charge is 0.246 e. The molecule has 3 aromatic rings. The van der Waals surface area contributed by atoms with Gasteiger partial charge in [0.05, 0.1) is 18.1 Å². The van der Waals surface area contributed by atoms with E-state index in [2.05, 4.69) is 10.1 Å². The summed E-state index contributed by atoms with van der Waals surface area (Å²) in [5.41, 5.74) is 0.783. The van der Waals surface area contributed by atoms with Crippen molar-refractivity contribution in [1.29, 1.82) is 0 Å². The number of benzene rings is 2. The zero-order chi connectivity index (χ0) is 21.9. The normalized spacial score (nSPS) is 11.6. The van der Waals surface area contributed by atoms with E-state index in [1.54, 1.807) is 0 Å². The summed E-state index contributed by atoms with van der Waals surface area (Å²) in [4.78, 5) is 17.9. The van der Waals surface area contributed by atoms with Crippen molar-refractivity contribution in [1.82, 2.24) is 19.3 Å². The van der Waals surface area contributed by atoms with Gasteiger partial charge in [-0.05, 0) is 18.2 Å². The van der Waals surface area contributed by atoms with Gasteiger partial charge >= 0.3 is 0 Å². The number of rotatable bonds is 7. The lowest BCUT2D eigenvalue weighted by Gasteiger charge is -2.21. The molecule has 158 valence electrons. The maximum absolute atomic E-state index is 12.8. The Morgan fingerprint density at radius 3 is 2.50 bits per heavy atom. The van der Waals surface area contributed by atoms with E-state index < -0.39 is 22.5 Å². The zero-order valence-electron chi connectivity index (χ0n) is 16.1. The Morgan fingerprint density at radius 1 is 1.10 bits per heavy atom. The predicted octanol–water partition coefficient (Wildman–Crippen LogP) is 3.32. The fourth-order valence-electron chi connectivity index (χ4n) is 2.55. The summed E-state index contributed by atoms with van der Waals surface area (Å²) < 4.78 is 31.6. The van der Waals surface area contributed by atoms with E-state index in [1.807, 2.05) is 30.3 Å². The number of carbonyl (C=O) groups is 1. The van der Waals surface area contributed by atoms with Crippen LogP contribution in [0.25, 0.3) is 11.4 Å². The fraction of sp³-hybridized carbons (Fsp3) is 0.211. The number of sulfonamides is 1. The van der Waals surface area contributed by atoms with Crippen molar-refractivity contribution in [2.75, 3.05) is 20.6 Å². The molecular formula is C19H18Cl2N4O4S. The highest BCUT2D eigenvalue weighted by Crippen LogP contribution is 2.27. The zero-order valence-corrected chi connectivity index (χ0v) is 18.4. The fourth-order valence-corrected chi connectivity index (χ4v) is 4.41. The van der Waals surface area contributed by atoms with Crippen LogP contribution in [0, 0.1) is 0 Å². The van der Waals surface area contributed by atoms with Crippen LogP contribution in [0.2, 0.25) is 10.0 Å². The van der Waals surface area contributed by atoms with Gasteiger partial charge in [-0.15, -0.1) is 0 Å². The van der Waals surface area contributed by atoms with Crippen LogP contribution in [0.3, 0.4) is 0 Å². The molecule has 0 spiro atoms. The third kappa shape index (κ3) is 4.99. The number of nitrogens with zero attached hydrogens (tertiary/aromatic N) is 4. The maximum Gasteiger partial charge on any atom is 0.246 e. The van der Waals surface area contributed by atoms with Gasteiger partial charge in [0.15, 0.2) is 0 Å². The topological polar surface area (TPSA) is 96.6 Å². The monoisotopic (exact) mass is 468 g/mol. The number of hydrogen-bond acceptors (Lipinski definition) is 6. The highest BCUT2D eigenvalue weighted by Gasteiger charge is 2.27. The minimum absolute atomic E-state index is 0.0198. The number of halogens is 2. The molecule has 30 heavy (non-hydrogen) atoms. The van der Waals surface area contributed by atoms with Gasteiger partial charge in [-0.3, -0.25) is 4.79 Å². The average molecular weight is 469 g/mol. The van der Waals surface area contributed by atoms with Crippen molar-refractivity contribution in [3.8, 4) is 11.4 Å². The van der Waals surface area contributed by atoms with Crippen LogP contribution in [0.4, 0.5) is 0 Å². The number of likely N-dealkylation sites (N-methyl/N-ethyl adjacent to an activating group) is 2. The summed E-state index contributed by atoms with van der Waals surface area (Å²) in [5, 5.41) is 4.14. The van der Waals surface area contributed by atoms with E-state index in [0.717, 1.165) is 9.87 Å². The van der Waals surface area contributed by atoms with Gasteiger partial charge in [0.2, 0.25) is 27.6 Å². The molecule has 0 aliphatic heterocycles. The Kier molecular flexibility index (Phi) is 6.77. The summed E-state index contributed by atoms with van der Waals surface area (Å²) >= 11 is 11.9. The van der Waals surface area contributed by atoms with Crippen LogP contribution in [-0.2, 0) is 21.4 Å². The van der Waals surface area contributed by atoms with Crippen molar-refractivity contribution >= 4 is 39.1 Å². The first-order valence-corrected chi connectivity index (χ1v) is 10.9. The first-order chi connectivity index (χ1) is 14.2. The molecular weight excluding hydrogens is 451 g/mol. The van der Waals surface area contributed by atoms with Gasteiger partial charge in [0.1, 0.15) is 4.90 Å². The molecule has 1 amide bonds. The Balaban J connectivity index is 1.67. The Morgan fingerprint density at radius 2 is 1.80 bits per heavy atom. The molecule has 1 aromatic heterocycles. The molecule has 1 heterocycles. The number of amides is 1. The third-order valence-electron chi connectivity index (χ3n) is 4.24. The molecule has 0 aliphatic rings. The van der Waals surface area contributed by atoms with Crippen LogP contribution in [0.5, 0.6) is 0 Å². The second-order valence-electron chi connectivity index (χ2n) is 6.46. The van der Waals surface area contributed by atoms with Gasteiger partial charge in [0.25, 0.3) is 0 Å². The number of carbonyl (C=O) groups excluding carboxylic acids is 1. The van der Waals surface area contributed by atoms with Gasteiger partial charge < -0.3 is 9.42 Å². The quantitative estimate of drug-likeness (QED) is 0.527. The minimum atomic E-state index is -4.01. The molecule has 0 aliphatic carbocycles. The maximum atomic E-state index is 12.8. The van der Waals surface area contributed by atoms with E-state index in [4.69, 9.17) is 27.7 Å². The van der Waals surface area contributed by atoms with Crippen molar-refractivity contribution in [2.45, 2.75) is 11.4 Å². The molecule has 0 saturated heterocycles. The molecule has 0 unspecified atom stereocenters. The molecule has 0 radical (unpaired) electrons. The van der Waals surface area contributed by atoms with Gasteiger partial charge in [-0.1, -0.05) is 58.7 Å². The molecule has 0 fully saturated rings. The second-order valence-corrected chi connectivity index (χ2v) is 9.32. The highest BCUT2D eigenvalue weighted by molar-refractivity contribution is 7.89. The lowest BCUT2D eigenvalue weighted by atomic mass is 10.2. The highest BCUT2D eigenvalue weighted by atomic mass is 35.5. The van der Waals surface area contributed by atoms with Crippen LogP contribution in [0.1, 0.15) is 5.89 Å². The van der Waals surface area contributed by atoms with Crippen LogP contribution in [0.15, 0.2) is 57.9 Å². The van der Waals surface area contributed by atoms with E-state index in [1.165, 1.54) is 37.2 Å². The summed E-state index contributed by atoms with van der Waals surface area (Å²) in [5.74, 6) is 0.175. The van der Waals surface area contributed by atoms with Crippen molar-refractivity contribution in [2.24, 2.45) is 0 Å². The molecule has 2 aromatic carbocycles. The molecule has 11 heteroatoms. The lowest BCUT2D eigenvalue weighted by molar-refractivity contribution is -0.130. The van der Waals surface area contributed by atoms with E-state index >= 15 is 0 Å². The molecule has 8 nitrogen and oxygen atoms in total. The third-order valence-corrected chi connectivity index (χ3v) is 6.76. The largest absolute Gasteiger partial charge is 0.337 e. The van der Waals surface area contributed by atoms with Crippen molar-refractivity contribution in [3.05, 3.63) is 64.5 Å². The molecule has 0 N–H and O–H groups in total. The SMILES string of the molecule is CN(Cc1nc(-c2ccccc2)no1)C(=O)CN(C)S(=O)(=O)c1cc(Cl)ccc1Cl. The van der Waals surface area contributed by atoms with Crippen LogP contribution < -0.4 is 0 Å². The summed E-state index contributed by atoms with van der Waals surface area (Å²) in [6.45, 7) is -0.369. The van der Waals surface area contributed by atoms with Gasteiger partial charge in [-0.2, -0.15) is 9.29 Å². The summed E-state index contributed by atoms with van der Waals surface area (Å²) in [6, 6.07) is 13.4. The minimum Gasteiger partial charge on any atom is -0.337 e. The van der Waals surface area contributed by atoms with E-state index in [-0.39, 0.29) is 27.4 Å². The standard InChI is InChI=1S/C19H18Cl2N4O4S/c1-24(11-17-22-19(23-29-17)13-6-4-3-5-7-13)18(26)12-25(2)30(27,28)16-10-14(20)8-9-15(16)21/h3-10H,11-12H2,1-2H3. The molecule has 0 bridgehead atoms. The van der Waals surface area contributed by atoms with Crippen LogP contribution >= 0.6 is 23.2 Å². The number of aromatic nitrogens is 2. The lowest BCUT2D eigenvalue weighted by Crippen LogP contribution is -2.39. The van der Waals surface area contributed by atoms with Gasteiger partial charge in [-0.25, -0.2) is 8.42 Å². The second kappa shape index (κ2) is 9.13.